The van der Waals surface area contributed by atoms with Gasteiger partial charge in [0.05, 0.1) is 29.2 Å². The van der Waals surface area contributed by atoms with Crippen LogP contribution in [0.5, 0.6) is 5.75 Å². The second-order valence-corrected chi connectivity index (χ2v) is 5.06. The standard InChI is InChI=1S/C16H15N3O/c1-10-14(20-3)9-8-13-15(10)18(2)16-17-11-6-4-5-7-12(11)19(13)16/h4-9H,1-3H3. The number of ether oxygens (including phenoxy) is 1. The van der Waals surface area contributed by atoms with Crippen molar-refractivity contribution in [2.45, 2.75) is 6.92 Å². The summed E-state index contributed by atoms with van der Waals surface area (Å²) in [6, 6.07) is 12.3. The lowest BCUT2D eigenvalue weighted by Gasteiger charge is -2.06. The van der Waals surface area contributed by atoms with Gasteiger partial charge in [-0.3, -0.25) is 4.40 Å². The van der Waals surface area contributed by atoms with Gasteiger partial charge in [-0.25, -0.2) is 4.98 Å². The molecule has 0 spiro atoms. The van der Waals surface area contributed by atoms with Crippen LogP contribution in [0.25, 0.3) is 27.8 Å². The molecule has 0 amide bonds. The fourth-order valence-electron chi connectivity index (χ4n) is 3.07. The maximum atomic E-state index is 5.43. The summed E-state index contributed by atoms with van der Waals surface area (Å²) in [5.41, 5.74) is 5.63. The van der Waals surface area contributed by atoms with Crippen molar-refractivity contribution in [3.8, 4) is 5.75 Å². The molecule has 0 aliphatic heterocycles. The number of imidazole rings is 2. The average molecular weight is 265 g/mol. The third-order valence-electron chi connectivity index (χ3n) is 4.00. The molecule has 4 rings (SSSR count). The maximum Gasteiger partial charge on any atom is 0.215 e. The van der Waals surface area contributed by atoms with Gasteiger partial charge in [0.1, 0.15) is 5.75 Å². The summed E-state index contributed by atoms with van der Waals surface area (Å²) in [6.07, 6.45) is 0. The topological polar surface area (TPSA) is 31.5 Å². The predicted octanol–water partition coefficient (Wildman–Crippen LogP) is 3.30. The largest absolute Gasteiger partial charge is 0.496 e. The molecule has 0 N–H and O–H groups in total. The van der Waals surface area contributed by atoms with Gasteiger partial charge in [-0.2, -0.15) is 0 Å². The van der Waals surface area contributed by atoms with E-state index < -0.39 is 0 Å². The summed E-state index contributed by atoms with van der Waals surface area (Å²) in [5, 5.41) is 0. The molecule has 4 aromatic rings. The van der Waals surface area contributed by atoms with Crippen molar-refractivity contribution in [1.82, 2.24) is 14.0 Å². The van der Waals surface area contributed by atoms with Crippen LogP contribution in [0.4, 0.5) is 0 Å². The molecule has 4 nitrogen and oxygen atoms in total. The summed E-state index contributed by atoms with van der Waals surface area (Å²) in [5.74, 6) is 1.86. The van der Waals surface area contributed by atoms with Crippen LogP contribution in [0.1, 0.15) is 5.56 Å². The summed E-state index contributed by atoms with van der Waals surface area (Å²) >= 11 is 0. The molecular weight excluding hydrogens is 250 g/mol. The Bertz CT molecular complexity index is 962. The molecule has 0 atom stereocenters. The zero-order chi connectivity index (χ0) is 13.9. The Kier molecular flexibility index (Phi) is 2.13. The van der Waals surface area contributed by atoms with Gasteiger partial charge in [-0.05, 0) is 31.2 Å². The highest BCUT2D eigenvalue weighted by atomic mass is 16.5. The van der Waals surface area contributed by atoms with E-state index in [4.69, 9.17) is 9.72 Å². The van der Waals surface area contributed by atoms with E-state index in [1.807, 2.05) is 24.3 Å². The average Bonchev–Trinajstić information content (AvgIpc) is 2.97. The van der Waals surface area contributed by atoms with Gasteiger partial charge in [0.25, 0.3) is 0 Å². The van der Waals surface area contributed by atoms with Gasteiger partial charge in [0.2, 0.25) is 5.78 Å². The Morgan fingerprint density at radius 3 is 2.65 bits per heavy atom. The lowest BCUT2D eigenvalue weighted by atomic mass is 10.2. The van der Waals surface area contributed by atoms with E-state index in [2.05, 4.69) is 35.1 Å². The molecular formula is C16H15N3O. The van der Waals surface area contributed by atoms with Crippen LogP contribution in [-0.2, 0) is 7.05 Å². The number of nitrogens with zero attached hydrogens (tertiary/aromatic N) is 3. The normalized spacial score (nSPS) is 11.8. The monoisotopic (exact) mass is 265 g/mol. The molecule has 2 heterocycles. The van der Waals surface area contributed by atoms with Crippen LogP contribution < -0.4 is 4.74 Å². The number of methoxy groups -OCH3 is 1. The minimum absolute atomic E-state index is 0.908. The van der Waals surface area contributed by atoms with Crippen LogP contribution in [-0.4, -0.2) is 21.1 Å². The SMILES string of the molecule is COc1ccc2c(c1C)n(C)c1nc3ccccc3n21. The second kappa shape index (κ2) is 3.76. The fraction of sp³-hybridized carbons (Fsp3) is 0.188. The lowest BCUT2D eigenvalue weighted by molar-refractivity contribution is 0.412. The Balaban J connectivity index is 2.29. The van der Waals surface area contributed by atoms with Crippen LogP contribution >= 0.6 is 0 Å². The number of hydrogen-bond donors (Lipinski definition) is 0. The first-order valence-corrected chi connectivity index (χ1v) is 6.61. The molecule has 0 fully saturated rings. The predicted molar refractivity (Wildman–Crippen MR) is 80.5 cm³/mol. The van der Waals surface area contributed by atoms with E-state index in [-0.39, 0.29) is 0 Å². The Hall–Kier alpha value is -2.49. The van der Waals surface area contributed by atoms with Crippen LogP contribution in [0.15, 0.2) is 36.4 Å². The van der Waals surface area contributed by atoms with Gasteiger partial charge in [-0.15, -0.1) is 0 Å². The van der Waals surface area contributed by atoms with Gasteiger partial charge >= 0.3 is 0 Å². The van der Waals surface area contributed by atoms with E-state index in [1.54, 1.807) is 7.11 Å². The van der Waals surface area contributed by atoms with Gasteiger partial charge in [0, 0.05) is 12.6 Å². The van der Waals surface area contributed by atoms with Crippen molar-refractivity contribution in [3.05, 3.63) is 42.0 Å². The van der Waals surface area contributed by atoms with Crippen LogP contribution in [0.3, 0.4) is 0 Å². The van der Waals surface area contributed by atoms with Crippen LogP contribution in [0.2, 0.25) is 0 Å². The Morgan fingerprint density at radius 2 is 1.85 bits per heavy atom. The molecule has 0 aliphatic rings. The zero-order valence-electron chi connectivity index (χ0n) is 11.7. The smallest absolute Gasteiger partial charge is 0.215 e. The molecule has 4 heteroatoms. The number of hydrogen-bond acceptors (Lipinski definition) is 2. The van der Waals surface area contributed by atoms with Crippen molar-refractivity contribution in [3.63, 3.8) is 0 Å². The summed E-state index contributed by atoms with van der Waals surface area (Å²) in [6.45, 7) is 2.09. The summed E-state index contributed by atoms with van der Waals surface area (Å²) in [7, 11) is 3.76. The first-order valence-electron chi connectivity index (χ1n) is 6.61. The van der Waals surface area contributed by atoms with Gasteiger partial charge < -0.3 is 9.30 Å². The van der Waals surface area contributed by atoms with E-state index in [0.717, 1.165) is 39.2 Å². The van der Waals surface area contributed by atoms with E-state index in [1.165, 1.54) is 0 Å². The molecule has 0 saturated heterocycles. The third kappa shape index (κ3) is 1.23. The minimum atomic E-state index is 0.908. The number of aryl methyl sites for hydroxylation is 2. The number of fused-ring (bicyclic) bond motifs is 5. The summed E-state index contributed by atoms with van der Waals surface area (Å²) in [4.78, 5) is 4.73. The molecule has 0 aliphatic carbocycles. The first kappa shape index (κ1) is 11.3. The van der Waals surface area contributed by atoms with Gasteiger partial charge in [-0.1, -0.05) is 12.1 Å². The number of rotatable bonds is 1. The molecule has 100 valence electrons. The quantitative estimate of drug-likeness (QED) is 0.529. The number of benzene rings is 2. The maximum absolute atomic E-state index is 5.43. The van der Waals surface area contributed by atoms with Crippen molar-refractivity contribution in [2.24, 2.45) is 7.05 Å². The highest BCUT2D eigenvalue weighted by Gasteiger charge is 2.16. The van der Waals surface area contributed by atoms with E-state index in [9.17, 15) is 0 Å². The van der Waals surface area contributed by atoms with E-state index in [0.29, 0.717) is 0 Å². The van der Waals surface area contributed by atoms with Crippen molar-refractivity contribution in [1.29, 1.82) is 0 Å². The molecule has 0 saturated carbocycles. The minimum Gasteiger partial charge on any atom is -0.496 e. The second-order valence-electron chi connectivity index (χ2n) is 5.06. The van der Waals surface area contributed by atoms with Crippen LogP contribution in [0, 0.1) is 6.92 Å². The number of para-hydroxylation sites is 2. The summed E-state index contributed by atoms with van der Waals surface area (Å²) < 4.78 is 9.76. The fourth-order valence-corrected chi connectivity index (χ4v) is 3.07. The van der Waals surface area contributed by atoms with Crippen molar-refractivity contribution >= 4 is 27.8 Å². The highest BCUT2D eigenvalue weighted by Crippen LogP contribution is 2.31. The lowest BCUT2D eigenvalue weighted by Crippen LogP contribution is -1.93. The highest BCUT2D eigenvalue weighted by molar-refractivity contribution is 5.92. The number of aromatic nitrogens is 3. The molecule has 2 aromatic carbocycles. The van der Waals surface area contributed by atoms with Crippen molar-refractivity contribution < 1.29 is 4.74 Å². The molecule has 0 bridgehead atoms. The first-order chi connectivity index (χ1) is 9.72. The molecule has 20 heavy (non-hydrogen) atoms. The third-order valence-corrected chi connectivity index (χ3v) is 4.00. The van der Waals surface area contributed by atoms with Gasteiger partial charge in [0.15, 0.2) is 0 Å². The van der Waals surface area contributed by atoms with E-state index >= 15 is 0 Å². The Labute approximate surface area is 116 Å². The van der Waals surface area contributed by atoms with Crippen molar-refractivity contribution in [2.75, 3.05) is 7.11 Å². The molecule has 0 unspecified atom stereocenters. The zero-order valence-corrected chi connectivity index (χ0v) is 11.7. The molecule has 0 radical (unpaired) electrons. The Morgan fingerprint density at radius 1 is 1.05 bits per heavy atom. The molecule has 2 aromatic heterocycles.